The van der Waals surface area contributed by atoms with Crippen LogP contribution in [0.3, 0.4) is 0 Å². The molecule has 19 heteroatoms. The molecule has 67 heavy (non-hydrogen) atoms. The van der Waals surface area contributed by atoms with Gasteiger partial charge in [-0.25, -0.2) is 9.59 Å². The topological polar surface area (TPSA) is 177 Å². The summed E-state index contributed by atoms with van der Waals surface area (Å²) in [6, 6.07) is 6.60. The van der Waals surface area contributed by atoms with Gasteiger partial charge in [0, 0.05) is 46.0 Å². The van der Waals surface area contributed by atoms with E-state index in [-0.39, 0.29) is 66.5 Å². The lowest BCUT2D eigenvalue weighted by molar-refractivity contribution is -0.117. The summed E-state index contributed by atoms with van der Waals surface area (Å²) in [6.07, 6.45) is 7.91. The van der Waals surface area contributed by atoms with Crippen molar-refractivity contribution in [3.63, 3.8) is 0 Å². The van der Waals surface area contributed by atoms with Crippen molar-refractivity contribution in [2.45, 2.75) is 102 Å². The highest BCUT2D eigenvalue weighted by Crippen LogP contribution is 2.47. The Morgan fingerprint density at radius 1 is 0.701 bits per heavy atom. The van der Waals surface area contributed by atoms with E-state index >= 15 is 0 Å². The molecule has 2 spiro atoms. The molecule has 2 aromatic carbocycles. The van der Waals surface area contributed by atoms with E-state index in [0.717, 1.165) is 18.4 Å². The summed E-state index contributed by atoms with van der Waals surface area (Å²) in [5.74, 6) is -0.351. The number of ether oxygens (including phenoxy) is 7. The first-order chi connectivity index (χ1) is 32.0. The monoisotopic (exact) mass is 1030 g/mol. The molecule has 2 aliphatic carbocycles. The molecule has 368 valence electrons. The van der Waals surface area contributed by atoms with Crippen molar-refractivity contribution in [2.24, 2.45) is 0 Å². The van der Waals surface area contributed by atoms with Gasteiger partial charge < -0.3 is 48.9 Å². The first kappa shape index (κ1) is 55.8. The molecule has 2 saturated carbocycles. The van der Waals surface area contributed by atoms with Crippen LogP contribution in [0.2, 0.25) is 20.1 Å². The molecule has 0 atom stereocenters. The van der Waals surface area contributed by atoms with Gasteiger partial charge in [0.15, 0.2) is 5.76 Å². The molecule has 2 amide bonds. The lowest BCUT2D eigenvalue weighted by Crippen LogP contribution is -2.49. The SMILES string of the molecule is C=CCOC1CCC2(CC1)NC(=O)C(c1c(C)cc(Cl)cc1Cl)=C2O.C=CCOC1CCC2(CC1)NC(=O)C(c1c(C)cc(Cl)cc1Cl)=C2OC(=O)OCCOCC.CCOCCOC(=O)Cl. The summed E-state index contributed by atoms with van der Waals surface area (Å²) < 4.78 is 36.7. The maximum absolute atomic E-state index is 13.2. The third kappa shape index (κ3) is 15.1. The zero-order valence-electron chi connectivity index (χ0n) is 38.2. The van der Waals surface area contributed by atoms with E-state index in [1.807, 2.05) is 20.8 Å². The third-order valence-electron chi connectivity index (χ3n) is 11.5. The minimum Gasteiger partial charge on any atom is -0.509 e. The molecule has 4 aliphatic rings. The Bertz CT molecular complexity index is 2120. The molecule has 0 unspecified atom stereocenters. The van der Waals surface area contributed by atoms with Gasteiger partial charge in [0.05, 0.1) is 70.9 Å². The molecule has 2 aliphatic heterocycles. The summed E-state index contributed by atoms with van der Waals surface area (Å²) in [6.45, 7) is 17.7. The largest absolute Gasteiger partial charge is 0.513 e. The van der Waals surface area contributed by atoms with Crippen LogP contribution in [-0.2, 0) is 42.7 Å². The van der Waals surface area contributed by atoms with Crippen molar-refractivity contribution in [1.29, 1.82) is 0 Å². The fraction of sp³-hybridized carbons (Fsp3) is 0.500. The number of aliphatic hydroxyl groups excluding tert-OH is 1. The fourth-order valence-electron chi connectivity index (χ4n) is 8.40. The third-order valence-corrected chi connectivity index (χ3v) is 12.6. The van der Waals surface area contributed by atoms with Crippen LogP contribution in [0.25, 0.3) is 11.1 Å². The zero-order valence-corrected chi connectivity index (χ0v) is 42.0. The van der Waals surface area contributed by atoms with E-state index in [1.165, 1.54) is 0 Å². The Labute approximate surface area is 417 Å². The van der Waals surface area contributed by atoms with E-state index in [0.29, 0.717) is 108 Å². The Kier molecular flexibility index (Phi) is 22.3. The normalized spacial score (nSPS) is 22.0. The van der Waals surface area contributed by atoms with Crippen molar-refractivity contribution >= 4 is 92.5 Å². The predicted octanol–water partition coefficient (Wildman–Crippen LogP) is 11.2. The molecule has 6 rings (SSSR count). The molecule has 0 radical (unpaired) electrons. The van der Waals surface area contributed by atoms with Gasteiger partial charge in [-0.2, -0.15) is 0 Å². The van der Waals surface area contributed by atoms with Crippen molar-refractivity contribution < 1.29 is 57.4 Å². The molecule has 2 aromatic rings. The van der Waals surface area contributed by atoms with Gasteiger partial charge in [0.25, 0.3) is 11.8 Å². The number of rotatable bonds is 17. The highest BCUT2D eigenvalue weighted by molar-refractivity contribution is 6.61. The lowest BCUT2D eigenvalue weighted by atomic mass is 9.79. The minimum absolute atomic E-state index is 0.0369. The Hall–Kier alpha value is -3.83. The van der Waals surface area contributed by atoms with Crippen molar-refractivity contribution in [2.75, 3.05) is 52.9 Å². The first-order valence-electron chi connectivity index (χ1n) is 22.0. The number of carbonyl (C=O) groups excluding carboxylic acids is 4. The second-order valence-corrected chi connectivity index (χ2v) is 18.0. The Morgan fingerprint density at radius 2 is 1.13 bits per heavy atom. The summed E-state index contributed by atoms with van der Waals surface area (Å²) in [5, 5.41) is 18.6. The van der Waals surface area contributed by atoms with Crippen LogP contribution in [-0.4, -0.2) is 105 Å². The number of aliphatic hydroxyl groups is 1. The van der Waals surface area contributed by atoms with Crippen LogP contribution >= 0.6 is 58.0 Å². The molecule has 14 nitrogen and oxygen atoms in total. The maximum atomic E-state index is 13.2. The summed E-state index contributed by atoms with van der Waals surface area (Å²) in [7, 11) is 0. The summed E-state index contributed by atoms with van der Waals surface area (Å²) >= 11 is 29.8. The van der Waals surface area contributed by atoms with Crippen molar-refractivity contribution in [3.8, 4) is 0 Å². The van der Waals surface area contributed by atoms with E-state index in [2.05, 4.69) is 28.5 Å². The molecule has 3 N–H and O–H groups in total. The van der Waals surface area contributed by atoms with Gasteiger partial charge in [-0.05, 0) is 114 Å². The van der Waals surface area contributed by atoms with Crippen molar-refractivity contribution in [3.05, 3.63) is 103 Å². The predicted molar refractivity (Wildman–Crippen MR) is 260 cm³/mol. The standard InChI is InChI=1S/C24H29Cl2NO6.C19H21Cl2NO3.C5H9ClO3/c1-4-10-31-17-6-8-24(9-7-17)21(33-23(29)32-12-11-30-5-2)20(22(28)27-24)19-15(3)13-16(25)14-18(19)26;1-3-8-25-13-4-6-19(7-5-13)17(23)16(18(24)22-19)15-11(2)9-12(20)10-14(15)21;1-2-8-3-4-9-5(6)7/h4,13-14,17H,1,5-12H2,2-3H3,(H,27,28);3,9-10,13,23H,1,4-8H2,2H3,(H,22,24);2-4H2,1H3. The lowest BCUT2D eigenvalue weighted by Gasteiger charge is -2.38. The number of halogens is 5. The molecular formula is C48H59Cl5N2O12. The van der Waals surface area contributed by atoms with Gasteiger partial charge in [0.1, 0.15) is 19.0 Å². The average molecular weight is 1030 g/mol. The molecule has 0 bridgehead atoms. The van der Waals surface area contributed by atoms with Gasteiger partial charge in [-0.15, -0.1) is 13.2 Å². The molecule has 0 saturated heterocycles. The molecule has 2 fully saturated rings. The van der Waals surface area contributed by atoms with E-state index in [4.69, 9.17) is 86.4 Å². The average Bonchev–Trinajstić information content (AvgIpc) is 3.66. The summed E-state index contributed by atoms with van der Waals surface area (Å²) in [5.41, 5.74) is 0.601. The second-order valence-electron chi connectivity index (χ2n) is 16.0. The van der Waals surface area contributed by atoms with Crippen LogP contribution in [0.5, 0.6) is 0 Å². The van der Waals surface area contributed by atoms with E-state index < -0.39 is 22.7 Å². The number of hydrogen-bond donors (Lipinski definition) is 3. The van der Waals surface area contributed by atoms with Crippen LogP contribution in [0, 0.1) is 13.8 Å². The Morgan fingerprint density at radius 3 is 1.58 bits per heavy atom. The van der Waals surface area contributed by atoms with Gasteiger partial charge >= 0.3 is 11.6 Å². The number of nitrogens with one attached hydrogen (secondary N) is 2. The van der Waals surface area contributed by atoms with Crippen LogP contribution in [0.4, 0.5) is 9.59 Å². The van der Waals surface area contributed by atoms with E-state index in [9.17, 15) is 24.3 Å². The van der Waals surface area contributed by atoms with Crippen molar-refractivity contribution in [1.82, 2.24) is 10.6 Å². The van der Waals surface area contributed by atoms with Gasteiger partial charge in [-0.3, -0.25) is 9.59 Å². The van der Waals surface area contributed by atoms with Crippen LogP contribution < -0.4 is 10.6 Å². The summed E-state index contributed by atoms with van der Waals surface area (Å²) in [4.78, 5) is 48.3. The molecule has 2 heterocycles. The first-order valence-corrected chi connectivity index (χ1v) is 23.9. The number of aryl methyl sites for hydroxylation is 2. The fourth-order valence-corrected chi connectivity index (χ4v) is 9.86. The number of amides is 2. The minimum atomic E-state index is -0.897. The number of benzene rings is 2. The molecule has 0 aromatic heterocycles. The highest BCUT2D eigenvalue weighted by atomic mass is 35.5. The Balaban J connectivity index is 0.000000253. The quantitative estimate of drug-likeness (QED) is 0.0592. The highest BCUT2D eigenvalue weighted by Gasteiger charge is 2.51. The maximum Gasteiger partial charge on any atom is 0.513 e. The number of carbonyl (C=O) groups is 4. The van der Waals surface area contributed by atoms with Crippen LogP contribution in [0.15, 0.2) is 61.1 Å². The molecular weight excluding hydrogens is 974 g/mol. The van der Waals surface area contributed by atoms with Gasteiger partial charge in [-0.1, -0.05) is 58.6 Å². The van der Waals surface area contributed by atoms with E-state index in [1.54, 1.807) is 43.3 Å². The smallest absolute Gasteiger partial charge is 0.509 e. The van der Waals surface area contributed by atoms with Gasteiger partial charge in [0.2, 0.25) is 0 Å². The van der Waals surface area contributed by atoms with Crippen LogP contribution in [0.1, 0.15) is 87.5 Å². The zero-order chi connectivity index (χ0) is 49.3. The number of hydrogen-bond acceptors (Lipinski definition) is 12. The second kappa shape index (κ2) is 26.8.